The van der Waals surface area contributed by atoms with E-state index in [1.165, 1.54) is 11.8 Å². The number of aliphatic hydroxyl groups excluding tert-OH is 1. The van der Waals surface area contributed by atoms with Gasteiger partial charge < -0.3 is 5.11 Å². The molecule has 0 saturated carbocycles. The molecule has 0 aromatic carbocycles. The Kier molecular flexibility index (Phi) is 6.59. The lowest BCUT2D eigenvalue weighted by molar-refractivity contribution is 0.212. The summed E-state index contributed by atoms with van der Waals surface area (Å²) in [5, 5.41) is 9.83. The lowest BCUT2D eigenvalue weighted by Crippen LogP contribution is -2.25. The predicted molar refractivity (Wildman–Crippen MR) is 83.9 cm³/mol. The summed E-state index contributed by atoms with van der Waals surface area (Å²) in [4.78, 5) is 15.0. The van der Waals surface area contributed by atoms with Gasteiger partial charge in [0.25, 0.3) is 0 Å². The van der Waals surface area contributed by atoms with E-state index in [9.17, 15) is 0 Å². The Balaban J connectivity index is 2.00. The molecular formula is C15H20N4OS. The quantitative estimate of drug-likeness (QED) is 0.594. The fourth-order valence-corrected chi connectivity index (χ4v) is 2.36. The smallest absolute Gasteiger partial charge is 0.187 e. The predicted octanol–water partition coefficient (Wildman–Crippen LogP) is 1.98. The van der Waals surface area contributed by atoms with E-state index in [1.807, 2.05) is 30.9 Å². The van der Waals surface area contributed by atoms with E-state index < -0.39 is 0 Å². The molecular weight excluding hydrogens is 284 g/mol. The van der Waals surface area contributed by atoms with E-state index in [0.29, 0.717) is 0 Å². The van der Waals surface area contributed by atoms with E-state index >= 15 is 0 Å². The Morgan fingerprint density at radius 2 is 1.90 bits per heavy atom. The Morgan fingerprint density at radius 3 is 2.52 bits per heavy atom. The number of hydrogen-bond acceptors (Lipinski definition) is 6. The van der Waals surface area contributed by atoms with Crippen molar-refractivity contribution < 1.29 is 5.11 Å². The van der Waals surface area contributed by atoms with Gasteiger partial charge in [0.15, 0.2) is 5.16 Å². The SMILES string of the molecule is CSc1ncc(CN(CCCO)Cc2cccnc2)cn1. The minimum Gasteiger partial charge on any atom is -0.396 e. The number of aliphatic hydroxyl groups is 1. The molecule has 2 rings (SSSR count). The monoisotopic (exact) mass is 304 g/mol. The molecule has 0 aliphatic carbocycles. The summed E-state index contributed by atoms with van der Waals surface area (Å²) in [5.41, 5.74) is 2.24. The molecule has 0 fully saturated rings. The number of pyridine rings is 1. The van der Waals surface area contributed by atoms with E-state index in [2.05, 4.69) is 25.9 Å². The number of aromatic nitrogens is 3. The van der Waals surface area contributed by atoms with Crippen LogP contribution in [-0.2, 0) is 13.1 Å². The lowest BCUT2D eigenvalue weighted by Gasteiger charge is -2.21. The van der Waals surface area contributed by atoms with Crippen LogP contribution in [0.15, 0.2) is 42.1 Å². The van der Waals surface area contributed by atoms with Crippen LogP contribution in [0.3, 0.4) is 0 Å². The molecule has 0 unspecified atom stereocenters. The van der Waals surface area contributed by atoms with Crippen molar-refractivity contribution in [3.05, 3.63) is 48.0 Å². The van der Waals surface area contributed by atoms with Crippen LogP contribution < -0.4 is 0 Å². The van der Waals surface area contributed by atoms with Crippen molar-refractivity contribution in [3.8, 4) is 0 Å². The molecule has 2 aromatic rings. The molecule has 0 atom stereocenters. The minimum absolute atomic E-state index is 0.200. The number of hydrogen-bond donors (Lipinski definition) is 1. The van der Waals surface area contributed by atoms with Crippen LogP contribution in [-0.4, -0.2) is 44.4 Å². The highest BCUT2D eigenvalue weighted by molar-refractivity contribution is 7.98. The summed E-state index contributed by atoms with van der Waals surface area (Å²) in [5.74, 6) is 0. The van der Waals surface area contributed by atoms with Crippen molar-refractivity contribution in [1.82, 2.24) is 19.9 Å². The average Bonchev–Trinajstić information content (AvgIpc) is 2.54. The van der Waals surface area contributed by atoms with Gasteiger partial charge in [-0.2, -0.15) is 0 Å². The second-order valence-electron chi connectivity index (χ2n) is 4.73. The van der Waals surface area contributed by atoms with Gasteiger partial charge >= 0.3 is 0 Å². The third-order valence-electron chi connectivity index (χ3n) is 3.03. The Labute approximate surface area is 129 Å². The summed E-state index contributed by atoms with van der Waals surface area (Å²) in [7, 11) is 0. The Bertz CT molecular complexity index is 521. The maximum absolute atomic E-state index is 9.05. The second kappa shape index (κ2) is 8.71. The van der Waals surface area contributed by atoms with Gasteiger partial charge in [-0.3, -0.25) is 9.88 Å². The van der Waals surface area contributed by atoms with Crippen LogP contribution in [0.4, 0.5) is 0 Å². The average molecular weight is 304 g/mol. The van der Waals surface area contributed by atoms with Crippen LogP contribution in [0.5, 0.6) is 0 Å². The summed E-state index contributed by atoms with van der Waals surface area (Å²) in [6.45, 7) is 2.60. The van der Waals surface area contributed by atoms with Crippen LogP contribution >= 0.6 is 11.8 Å². The molecule has 0 aliphatic rings. The minimum atomic E-state index is 0.200. The summed E-state index contributed by atoms with van der Waals surface area (Å²) in [6.07, 6.45) is 10.1. The van der Waals surface area contributed by atoms with Crippen LogP contribution in [0, 0.1) is 0 Å². The highest BCUT2D eigenvalue weighted by atomic mass is 32.2. The summed E-state index contributed by atoms with van der Waals surface area (Å²) >= 11 is 1.54. The molecule has 2 aromatic heterocycles. The fourth-order valence-electron chi connectivity index (χ4n) is 2.05. The fraction of sp³-hybridized carbons (Fsp3) is 0.400. The number of rotatable bonds is 8. The summed E-state index contributed by atoms with van der Waals surface area (Å²) in [6, 6.07) is 4.00. The van der Waals surface area contributed by atoms with Gasteiger partial charge in [-0.15, -0.1) is 0 Å². The molecule has 1 N–H and O–H groups in total. The lowest BCUT2D eigenvalue weighted by atomic mass is 10.2. The molecule has 0 amide bonds. The van der Waals surface area contributed by atoms with Crippen molar-refractivity contribution >= 4 is 11.8 Å². The molecule has 5 nitrogen and oxygen atoms in total. The first-order valence-corrected chi connectivity index (χ1v) is 8.11. The van der Waals surface area contributed by atoms with E-state index in [1.54, 1.807) is 6.20 Å². The molecule has 0 radical (unpaired) electrons. The largest absolute Gasteiger partial charge is 0.396 e. The van der Waals surface area contributed by atoms with Crippen LogP contribution in [0.25, 0.3) is 0 Å². The summed E-state index contributed by atoms with van der Waals surface area (Å²) < 4.78 is 0. The highest BCUT2D eigenvalue weighted by Crippen LogP contribution is 2.11. The second-order valence-corrected chi connectivity index (χ2v) is 5.50. The zero-order chi connectivity index (χ0) is 14.9. The van der Waals surface area contributed by atoms with E-state index in [-0.39, 0.29) is 6.61 Å². The van der Waals surface area contributed by atoms with Gasteiger partial charge in [-0.05, 0) is 24.3 Å². The van der Waals surface area contributed by atoms with E-state index in [0.717, 1.165) is 42.3 Å². The third kappa shape index (κ3) is 5.41. The van der Waals surface area contributed by atoms with Crippen molar-refractivity contribution in [1.29, 1.82) is 0 Å². The van der Waals surface area contributed by atoms with Crippen molar-refractivity contribution in [2.45, 2.75) is 24.7 Å². The highest BCUT2D eigenvalue weighted by Gasteiger charge is 2.08. The molecule has 0 saturated heterocycles. The van der Waals surface area contributed by atoms with Crippen LogP contribution in [0.1, 0.15) is 17.5 Å². The van der Waals surface area contributed by atoms with Gasteiger partial charge in [0.1, 0.15) is 0 Å². The number of nitrogens with zero attached hydrogens (tertiary/aromatic N) is 4. The number of thioether (sulfide) groups is 1. The van der Waals surface area contributed by atoms with Gasteiger partial charge in [0.05, 0.1) is 0 Å². The van der Waals surface area contributed by atoms with Gasteiger partial charge in [-0.1, -0.05) is 17.8 Å². The zero-order valence-electron chi connectivity index (χ0n) is 12.1. The van der Waals surface area contributed by atoms with Crippen molar-refractivity contribution in [2.75, 3.05) is 19.4 Å². The van der Waals surface area contributed by atoms with Crippen molar-refractivity contribution in [2.24, 2.45) is 0 Å². The van der Waals surface area contributed by atoms with Gasteiger partial charge in [-0.25, -0.2) is 9.97 Å². The first-order chi connectivity index (χ1) is 10.3. The first-order valence-electron chi connectivity index (χ1n) is 6.89. The Morgan fingerprint density at radius 1 is 1.14 bits per heavy atom. The molecule has 0 aliphatic heterocycles. The topological polar surface area (TPSA) is 62.1 Å². The normalized spacial score (nSPS) is 11.0. The molecule has 2 heterocycles. The van der Waals surface area contributed by atoms with Gasteiger partial charge in [0.2, 0.25) is 0 Å². The first kappa shape index (κ1) is 15.9. The third-order valence-corrected chi connectivity index (χ3v) is 3.61. The van der Waals surface area contributed by atoms with Gasteiger partial charge in [0, 0.05) is 56.6 Å². The Hall–Kier alpha value is -1.50. The molecule has 6 heteroatoms. The van der Waals surface area contributed by atoms with E-state index in [4.69, 9.17) is 5.11 Å². The standard InChI is InChI=1S/C15H20N4OS/c1-21-15-17-9-14(10-18-15)12-19(6-3-7-20)11-13-4-2-5-16-8-13/h2,4-5,8-10,20H,3,6-7,11-12H2,1H3. The maximum Gasteiger partial charge on any atom is 0.187 e. The molecule has 0 bridgehead atoms. The maximum atomic E-state index is 9.05. The van der Waals surface area contributed by atoms with Crippen molar-refractivity contribution in [3.63, 3.8) is 0 Å². The zero-order valence-corrected chi connectivity index (χ0v) is 13.0. The van der Waals surface area contributed by atoms with Crippen LogP contribution in [0.2, 0.25) is 0 Å². The molecule has 0 spiro atoms. The molecule has 21 heavy (non-hydrogen) atoms. The molecule has 112 valence electrons.